The van der Waals surface area contributed by atoms with Gasteiger partial charge < -0.3 is 15.6 Å². The summed E-state index contributed by atoms with van der Waals surface area (Å²) in [6.45, 7) is 3.34. The first-order valence-electron chi connectivity index (χ1n) is 10.7. The molecular formula is C25H24N4O3. The number of H-pyrrole nitrogens is 1. The summed E-state index contributed by atoms with van der Waals surface area (Å²) >= 11 is 0. The molecule has 3 heterocycles. The van der Waals surface area contributed by atoms with Crippen LogP contribution in [0.4, 0.5) is 11.4 Å². The highest BCUT2D eigenvalue weighted by Crippen LogP contribution is 2.44. The van der Waals surface area contributed by atoms with Crippen molar-refractivity contribution in [2.45, 2.75) is 25.2 Å². The van der Waals surface area contributed by atoms with Gasteiger partial charge in [-0.15, -0.1) is 0 Å². The molecule has 0 aliphatic carbocycles. The highest BCUT2D eigenvalue weighted by Gasteiger charge is 2.37. The Balaban J connectivity index is 1.50. The Hall–Kier alpha value is -3.71. The second-order valence-corrected chi connectivity index (χ2v) is 8.37. The van der Waals surface area contributed by atoms with Crippen LogP contribution in [0.15, 0.2) is 65.7 Å². The highest BCUT2D eigenvalue weighted by atomic mass is 16.2. The van der Waals surface area contributed by atoms with Gasteiger partial charge >= 0.3 is 0 Å². The zero-order valence-corrected chi connectivity index (χ0v) is 17.8. The van der Waals surface area contributed by atoms with E-state index in [4.69, 9.17) is 0 Å². The number of hydrogen-bond acceptors (Lipinski definition) is 4. The van der Waals surface area contributed by atoms with Crippen molar-refractivity contribution < 1.29 is 9.59 Å². The predicted octanol–water partition coefficient (Wildman–Crippen LogP) is 3.28. The number of piperidine rings is 1. The predicted molar refractivity (Wildman–Crippen MR) is 125 cm³/mol. The SMILES string of the molecule is CC(=O)N1C=CC2(CCNCC2)c2ccc(NC(=O)c3c[nH]c4ccccc4c3=O)cc21. The molecule has 0 unspecified atom stereocenters. The maximum atomic E-state index is 12.9. The van der Waals surface area contributed by atoms with Gasteiger partial charge in [0.25, 0.3) is 5.91 Å². The molecule has 3 N–H and O–H groups in total. The molecule has 2 amide bonds. The van der Waals surface area contributed by atoms with E-state index in [9.17, 15) is 14.4 Å². The van der Waals surface area contributed by atoms with Gasteiger partial charge in [0.2, 0.25) is 11.3 Å². The molecule has 5 rings (SSSR count). The minimum Gasteiger partial charge on any atom is -0.360 e. The topological polar surface area (TPSA) is 94.3 Å². The summed E-state index contributed by atoms with van der Waals surface area (Å²) in [5.41, 5.74) is 2.66. The van der Waals surface area contributed by atoms with Crippen molar-refractivity contribution >= 4 is 34.1 Å². The fourth-order valence-electron chi connectivity index (χ4n) is 4.74. The minimum absolute atomic E-state index is 0.0413. The first-order chi connectivity index (χ1) is 15.5. The van der Waals surface area contributed by atoms with Gasteiger partial charge in [0, 0.05) is 41.3 Å². The molecule has 162 valence electrons. The second-order valence-electron chi connectivity index (χ2n) is 8.37. The number of aromatic nitrogens is 1. The van der Waals surface area contributed by atoms with Gasteiger partial charge in [-0.25, -0.2) is 0 Å². The molecule has 2 aliphatic rings. The van der Waals surface area contributed by atoms with Crippen LogP contribution < -0.4 is 21.0 Å². The Bertz CT molecular complexity index is 1320. The van der Waals surface area contributed by atoms with E-state index < -0.39 is 5.91 Å². The van der Waals surface area contributed by atoms with E-state index in [1.54, 1.807) is 23.1 Å². The fraction of sp³-hybridized carbons (Fsp3) is 0.240. The molecule has 1 aromatic heterocycles. The molecule has 0 radical (unpaired) electrons. The summed E-state index contributed by atoms with van der Waals surface area (Å²) in [5, 5.41) is 6.69. The Morgan fingerprint density at radius 3 is 2.66 bits per heavy atom. The summed E-state index contributed by atoms with van der Waals surface area (Å²) in [6.07, 6.45) is 7.30. The summed E-state index contributed by atoms with van der Waals surface area (Å²) in [4.78, 5) is 42.6. The van der Waals surface area contributed by atoms with Gasteiger partial charge in [-0.1, -0.05) is 24.3 Å². The van der Waals surface area contributed by atoms with Gasteiger partial charge in [0.1, 0.15) is 5.56 Å². The van der Waals surface area contributed by atoms with Crippen molar-refractivity contribution in [2.75, 3.05) is 23.3 Å². The first-order valence-corrected chi connectivity index (χ1v) is 10.7. The molecule has 2 aliphatic heterocycles. The third-order valence-corrected chi connectivity index (χ3v) is 6.46. The maximum Gasteiger partial charge on any atom is 0.261 e. The van der Waals surface area contributed by atoms with E-state index in [0.717, 1.165) is 37.2 Å². The van der Waals surface area contributed by atoms with E-state index in [-0.39, 0.29) is 22.3 Å². The lowest BCUT2D eigenvalue weighted by Gasteiger charge is -2.41. The van der Waals surface area contributed by atoms with Crippen LogP contribution in [0.5, 0.6) is 0 Å². The number of carbonyl (C=O) groups is 2. The number of allylic oxidation sites excluding steroid dienone is 1. The monoisotopic (exact) mass is 428 g/mol. The van der Waals surface area contributed by atoms with Crippen LogP contribution >= 0.6 is 0 Å². The lowest BCUT2D eigenvalue weighted by molar-refractivity contribution is -0.116. The Morgan fingerprint density at radius 1 is 1.09 bits per heavy atom. The van der Waals surface area contributed by atoms with Crippen molar-refractivity contribution in [3.63, 3.8) is 0 Å². The van der Waals surface area contributed by atoms with E-state index in [1.165, 1.54) is 13.1 Å². The van der Waals surface area contributed by atoms with E-state index in [0.29, 0.717) is 16.6 Å². The number of pyridine rings is 1. The number of anilines is 2. The summed E-state index contributed by atoms with van der Waals surface area (Å²) < 4.78 is 0. The lowest BCUT2D eigenvalue weighted by Crippen LogP contribution is -2.42. The molecule has 7 nitrogen and oxygen atoms in total. The van der Waals surface area contributed by atoms with Gasteiger partial charge in [-0.3, -0.25) is 19.3 Å². The lowest BCUT2D eigenvalue weighted by atomic mass is 9.71. The van der Waals surface area contributed by atoms with Crippen LogP contribution in [0.1, 0.15) is 35.7 Å². The molecule has 1 fully saturated rings. The summed E-state index contributed by atoms with van der Waals surface area (Å²) in [6, 6.07) is 12.7. The zero-order valence-electron chi connectivity index (χ0n) is 17.8. The van der Waals surface area contributed by atoms with Crippen molar-refractivity contribution in [3.05, 3.63) is 82.3 Å². The molecule has 1 spiro atoms. The second kappa shape index (κ2) is 7.76. The Kier molecular flexibility index (Phi) is 4.90. The molecular weight excluding hydrogens is 404 g/mol. The van der Waals surface area contributed by atoms with Gasteiger partial charge in [0.15, 0.2) is 0 Å². The molecule has 0 saturated carbocycles. The number of hydrogen-bond donors (Lipinski definition) is 3. The number of nitrogens with zero attached hydrogens (tertiary/aromatic N) is 1. The first kappa shape index (κ1) is 20.2. The fourth-order valence-corrected chi connectivity index (χ4v) is 4.74. The molecule has 32 heavy (non-hydrogen) atoms. The van der Waals surface area contributed by atoms with Crippen molar-refractivity contribution in [3.8, 4) is 0 Å². The van der Waals surface area contributed by atoms with E-state index >= 15 is 0 Å². The molecule has 0 atom stereocenters. The standard InChI is InChI=1S/C25H24N4O3/c1-16(30)29-13-10-25(8-11-26-12-9-25)20-7-6-17(14-22(20)29)28-24(32)19-15-27-21-5-3-2-4-18(21)23(19)31/h2-7,10,13-15,26H,8-9,11-12H2,1H3,(H,27,31)(H,28,32). The summed E-state index contributed by atoms with van der Waals surface area (Å²) in [7, 11) is 0. The summed E-state index contributed by atoms with van der Waals surface area (Å²) in [5.74, 6) is -0.588. The normalized spacial score (nSPS) is 16.7. The van der Waals surface area contributed by atoms with Gasteiger partial charge in [0.05, 0.1) is 5.69 Å². The van der Waals surface area contributed by atoms with Crippen LogP contribution in [-0.2, 0) is 10.2 Å². The number of rotatable bonds is 2. The number of benzene rings is 2. The molecule has 7 heteroatoms. The van der Waals surface area contributed by atoms with Gasteiger partial charge in [-0.2, -0.15) is 0 Å². The molecule has 3 aromatic rings. The Morgan fingerprint density at radius 2 is 1.88 bits per heavy atom. The number of carbonyl (C=O) groups excluding carboxylic acids is 2. The zero-order chi connectivity index (χ0) is 22.3. The third-order valence-electron chi connectivity index (χ3n) is 6.46. The van der Waals surface area contributed by atoms with Crippen molar-refractivity contribution in [2.24, 2.45) is 0 Å². The number of nitrogens with one attached hydrogen (secondary N) is 3. The quantitative estimate of drug-likeness (QED) is 0.584. The Labute approximate surface area is 185 Å². The van der Waals surface area contributed by atoms with Crippen LogP contribution in [0.25, 0.3) is 10.9 Å². The van der Waals surface area contributed by atoms with Crippen LogP contribution in [0.2, 0.25) is 0 Å². The number of amides is 2. The van der Waals surface area contributed by atoms with Crippen LogP contribution in [0, 0.1) is 0 Å². The van der Waals surface area contributed by atoms with Gasteiger partial charge in [-0.05, 0) is 55.8 Å². The minimum atomic E-state index is -0.491. The average Bonchev–Trinajstić information content (AvgIpc) is 2.80. The van der Waals surface area contributed by atoms with E-state index in [2.05, 4.69) is 21.7 Å². The van der Waals surface area contributed by atoms with Crippen molar-refractivity contribution in [1.82, 2.24) is 10.3 Å². The van der Waals surface area contributed by atoms with Crippen LogP contribution in [0.3, 0.4) is 0 Å². The highest BCUT2D eigenvalue weighted by molar-refractivity contribution is 6.06. The number of fused-ring (bicyclic) bond motifs is 3. The molecule has 0 bridgehead atoms. The number of aromatic amines is 1. The molecule has 1 saturated heterocycles. The van der Waals surface area contributed by atoms with Crippen LogP contribution in [-0.4, -0.2) is 29.9 Å². The smallest absolute Gasteiger partial charge is 0.261 e. The largest absolute Gasteiger partial charge is 0.360 e. The van der Waals surface area contributed by atoms with Crippen molar-refractivity contribution in [1.29, 1.82) is 0 Å². The number of para-hydroxylation sites is 1. The third kappa shape index (κ3) is 3.31. The van der Waals surface area contributed by atoms with E-state index in [1.807, 2.05) is 30.5 Å². The average molecular weight is 428 g/mol. The molecule has 2 aromatic carbocycles. The maximum absolute atomic E-state index is 12.9.